The van der Waals surface area contributed by atoms with Crippen LogP contribution in [0.1, 0.15) is 32.1 Å². The van der Waals surface area contributed by atoms with Crippen LogP contribution in [-0.2, 0) is 10.0 Å². The van der Waals surface area contributed by atoms with Crippen molar-refractivity contribution >= 4 is 21.6 Å². The van der Waals surface area contributed by atoms with Gasteiger partial charge in [0.2, 0.25) is 10.0 Å². The predicted octanol–water partition coefficient (Wildman–Crippen LogP) is 3.65. The topological polar surface area (TPSA) is 46.2 Å². The molecule has 0 radical (unpaired) electrons. The highest BCUT2D eigenvalue weighted by Gasteiger charge is 2.18. The Kier molecular flexibility index (Phi) is 5.18. The monoisotopic (exact) mass is 317 g/mol. The van der Waals surface area contributed by atoms with Crippen LogP contribution in [0.2, 0.25) is 5.02 Å². The first-order chi connectivity index (χ1) is 9.49. The van der Waals surface area contributed by atoms with E-state index >= 15 is 0 Å². The largest absolute Gasteiger partial charge is 0.242 e. The van der Waals surface area contributed by atoms with Crippen molar-refractivity contribution in [3.8, 4) is 0 Å². The van der Waals surface area contributed by atoms with Crippen molar-refractivity contribution in [1.82, 2.24) is 4.72 Å². The molecule has 1 aromatic rings. The number of benzene rings is 1. The van der Waals surface area contributed by atoms with Gasteiger partial charge in [0.25, 0.3) is 0 Å². The summed E-state index contributed by atoms with van der Waals surface area (Å²) in [5, 5.41) is -0.102. The number of rotatable bonds is 5. The van der Waals surface area contributed by atoms with E-state index in [-0.39, 0.29) is 9.92 Å². The van der Waals surface area contributed by atoms with Gasteiger partial charge in [0.15, 0.2) is 0 Å². The van der Waals surface area contributed by atoms with E-state index in [4.69, 9.17) is 11.6 Å². The normalized spacial score (nSPS) is 16.0. The predicted molar refractivity (Wildman–Crippen MR) is 77.8 cm³/mol. The lowest BCUT2D eigenvalue weighted by atomic mass is 9.97. The molecule has 1 aliphatic carbocycles. The number of halogens is 2. The molecular weight excluding hydrogens is 301 g/mol. The van der Waals surface area contributed by atoms with E-state index in [9.17, 15) is 12.8 Å². The molecule has 0 spiro atoms. The summed E-state index contributed by atoms with van der Waals surface area (Å²) in [7, 11) is -3.68. The van der Waals surface area contributed by atoms with E-state index in [1.54, 1.807) is 0 Å². The summed E-state index contributed by atoms with van der Waals surface area (Å²) in [6.07, 6.45) is 7.38. The second-order valence-corrected chi connectivity index (χ2v) is 6.97. The van der Waals surface area contributed by atoms with Crippen LogP contribution >= 0.6 is 11.6 Å². The molecule has 6 heteroatoms. The van der Waals surface area contributed by atoms with Gasteiger partial charge in [-0.1, -0.05) is 23.3 Å². The van der Waals surface area contributed by atoms with E-state index in [1.165, 1.54) is 24.5 Å². The van der Waals surface area contributed by atoms with Crippen LogP contribution in [0.4, 0.5) is 4.39 Å². The summed E-state index contributed by atoms with van der Waals surface area (Å²) in [5.74, 6) is -0.554. The van der Waals surface area contributed by atoms with Gasteiger partial charge in [-0.2, -0.15) is 0 Å². The summed E-state index contributed by atoms with van der Waals surface area (Å²) in [5.41, 5.74) is 1.30. The maximum atomic E-state index is 12.9. The Morgan fingerprint density at radius 2 is 2.10 bits per heavy atom. The summed E-state index contributed by atoms with van der Waals surface area (Å²) in [6.45, 7) is 0.335. The zero-order valence-electron chi connectivity index (χ0n) is 11.0. The van der Waals surface area contributed by atoms with Crippen LogP contribution in [-0.4, -0.2) is 15.0 Å². The van der Waals surface area contributed by atoms with Gasteiger partial charge in [-0.3, -0.25) is 0 Å². The average molecular weight is 318 g/mol. The number of hydrogen-bond donors (Lipinski definition) is 1. The first-order valence-corrected chi connectivity index (χ1v) is 8.48. The van der Waals surface area contributed by atoms with E-state index in [2.05, 4.69) is 10.8 Å². The van der Waals surface area contributed by atoms with Crippen LogP contribution in [0.5, 0.6) is 0 Å². The summed E-state index contributed by atoms with van der Waals surface area (Å²) >= 11 is 5.77. The molecule has 20 heavy (non-hydrogen) atoms. The van der Waals surface area contributed by atoms with Gasteiger partial charge in [0, 0.05) is 6.54 Å². The van der Waals surface area contributed by atoms with Gasteiger partial charge < -0.3 is 0 Å². The molecular formula is C14H17ClFNO2S. The van der Waals surface area contributed by atoms with Gasteiger partial charge in [-0.15, -0.1) is 0 Å². The van der Waals surface area contributed by atoms with Crippen molar-refractivity contribution in [2.75, 3.05) is 6.54 Å². The standard InChI is InChI=1S/C14H17ClFNO2S/c15-13-10-12(16)6-7-14(13)20(18,19)17-9-8-11-4-2-1-3-5-11/h4,6-7,10,17H,1-3,5,8-9H2. The Morgan fingerprint density at radius 1 is 1.30 bits per heavy atom. The molecule has 0 amide bonds. The maximum Gasteiger partial charge on any atom is 0.242 e. The van der Waals surface area contributed by atoms with Gasteiger partial charge in [-0.05, 0) is 50.3 Å². The SMILES string of the molecule is O=S(=O)(NCCC1=CCCCC1)c1ccc(F)cc1Cl. The van der Waals surface area contributed by atoms with Gasteiger partial charge in [0.1, 0.15) is 10.7 Å². The lowest BCUT2D eigenvalue weighted by molar-refractivity contribution is 0.578. The minimum absolute atomic E-state index is 0.0850. The minimum atomic E-state index is -3.68. The zero-order valence-corrected chi connectivity index (χ0v) is 12.6. The molecule has 1 aromatic carbocycles. The molecule has 0 unspecified atom stereocenters. The van der Waals surface area contributed by atoms with Crippen molar-refractivity contribution in [2.24, 2.45) is 0 Å². The molecule has 1 N–H and O–H groups in total. The number of allylic oxidation sites excluding steroid dienone is 1. The Morgan fingerprint density at radius 3 is 2.75 bits per heavy atom. The van der Waals surface area contributed by atoms with Crippen molar-refractivity contribution in [1.29, 1.82) is 0 Å². The number of hydrogen-bond acceptors (Lipinski definition) is 2. The fourth-order valence-electron chi connectivity index (χ4n) is 2.25. The highest BCUT2D eigenvalue weighted by molar-refractivity contribution is 7.89. The highest BCUT2D eigenvalue weighted by atomic mass is 35.5. The van der Waals surface area contributed by atoms with Crippen molar-refractivity contribution in [2.45, 2.75) is 37.0 Å². The molecule has 2 rings (SSSR count). The molecule has 3 nitrogen and oxygen atoms in total. The summed E-state index contributed by atoms with van der Waals surface area (Å²) in [4.78, 5) is -0.0850. The third kappa shape index (κ3) is 4.04. The Labute approximate surface area is 123 Å². The molecule has 0 saturated carbocycles. The molecule has 0 atom stereocenters. The molecule has 1 aliphatic rings. The van der Waals surface area contributed by atoms with Crippen LogP contribution in [0.25, 0.3) is 0 Å². The molecule has 0 fully saturated rings. The average Bonchev–Trinajstić information content (AvgIpc) is 2.39. The molecule has 0 aliphatic heterocycles. The van der Waals surface area contributed by atoms with Crippen molar-refractivity contribution in [3.63, 3.8) is 0 Å². The molecule has 0 bridgehead atoms. The lowest BCUT2D eigenvalue weighted by Crippen LogP contribution is -2.25. The molecule has 0 heterocycles. The van der Waals surface area contributed by atoms with E-state index < -0.39 is 15.8 Å². The fourth-order valence-corrected chi connectivity index (χ4v) is 3.81. The van der Waals surface area contributed by atoms with E-state index in [0.29, 0.717) is 13.0 Å². The Bertz CT molecular complexity index is 614. The van der Waals surface area contributed by atoms with Crippen molar-refractivity contribution < 1.29 is 12.8 Å². The Balaban J connectivity index is 1.98. The summed E-state index contributed by atoms with van der Waals surface area (Å²) < 4.78 is 39.6. The molecule has 110 valence electrons. The Hall–Kier alpha value is -0.910. The first-order valence-electron chi connectivity index (χ1n) is 6.62. The third-order valence-electron chi connectivity index (χ3n) is 3.31. The fraction of sp³-hybridized carbons (Fsp3) is 0.429. The van der Waals surface area contributed by atoms with Crippen LogP contribution in [0, 0.1) is 5.82 Å². The second kappa shape index (κ2) is 6.70. The van der Waals surface area contributed by atoms with Gasteiger partial charge in [-0.25, -0.2) is 17.5 Å². The molecule has 0 saturated heterocycles. The quantitative estimate of drug-likeness (QED) is 0.843. The minimum Gasteiger partial charge on any atom is -0.211 e. The van der Waals surface area contributed by atoms with Crippen LogP contribution < -0.4 is 4.72 Å². The third-order valence-corrected chi connectivity index (χ3v) is 5.25. The maximum absolute atomic E-state index is 12.9. The van der Waals surface area contributed by atoms with Gasteiger partial charge in [0.05, 0.1) is 5.02 Å². The lowest BCUT2D eigenvalue weighted by Gasteiger charge is -2.13. The summed E-state index contributed by atoms with van der Waals surface area (Å²) in [6, 6.07) is 3.27. The number of sulfonamides is 1. The van der Waals surface area contributed by atoms with Crippen LogP contribution in [0.15, 0.2) is 34.7 Å². The van der Waals surface area contributed by atoms with Crippen molar-refractivity contribution in [3.05, 3.63) is 40.7 Å². The van der Waals surface area contributed by atoms with E-state index in [1.807, 2.05) is 0 Å². The van der Waals surface area contributed by atoms with E-state index in [0.717, 1.165) is 25.0 Å². The highest BCUT2D eigenvalue weighted by Crippen LogP contribution is 2.23. The molecule has 0 aromatic heterocycles. The first kappa shape index (κ1) is 15.5. The second-order valence-electron chi connectivity index (χ2n) is 4.83. The zero-order chi connectivity index (χ0) is 14.6. The smallest absolute Gasteiger partial charge is 0.211 e. The number of nitrogens with one attached hydrogen (secondary N) is 1. The van der Waals surface area contributed by atoms with Gasteiger partial charge >= 0.3 is 0 Å². The van der Waals surface area contributed by atoms with Crippen LogP contribution in [0.3, 0.4) is 0 Å².